The first kappa shape index (κ1) is 19.7. The summed E-state index contributed by atoms with van der Waals surface area (Å²) in [6, 6.07) is 14.9. The van der Waals surface area contributed by atoms with Crippen LogP contribution >= 0.6 is 0 Å². The van der Waals surface area contributed by atoms with Crippen molar-refractivity contribution in [3.8, 4) is 5.75 Å². The van der Waals surface area contributed by atoms with Crippen molar-refractivity contribution < 1.29 is 9.13 Å². The van der Waals surface area contributed by atoms with E-state index in [1.54, 1.807) is 25.2 Å². The zero-order valence-electron chi connectivity index (χ0n) is 16.4. The highest BCUT2D eigenvalue weighted by atomic mass is 19.1. The topological polar surface area (TPSA) is 48.9 Å². The molecule has 1 aliphatic heterocycles. The third-order valence-electron chi connectivity index (χ3n) is 4.50. The fourth-order valence-electron chi connectivity index (χ4n) is 3.00. The number of nitrogens with one attached hydrogen (secondary N) is 2. The fourth-order valence-corrected chi connectivity index (χ4v) is 3.00. The number of para-hydroxylation sites is 1. The van der Waals surface area contributed by atoms with Gasteiger partial charge < -0.3 is 20.3 Å². The minimum Gasteiger partial charge on any atom is -0.486 e. The molecule has 2 N–H and O–H groups in total. The quantitative estimate of drug-likeness (QED) is 0.438. The van der Waals surface area contributed by atoms with Crippen molar-refractivity contribution in [3.05, 3.63) is 72.1 Å². The molecule has 6 heteroatoms. The van der Waals surface area contributed by atoms with Gasteiger partial charge in [-0.2, -0.15) is 0 Å². The van der Waals surface area contributed by atoms with Crippen molar-refractivity contribution >= 4 is 11.6 Å². The Hall–Kier alpha value is -3.02. The van der Waals surface area contributed by atoms with E-state index in [9.17, 15) is 4.39 Å². The van der Waals surface area contributed by atoms with Gasteiger partial charge in [-0.1, -0.05) is 36.4 Å². The maximum atomic E-state index is 13.7. The minimum atomic E-state index is -0.357. The molecule has 0 aromatic heterocycles. The number of rotatable bonds is 7. The molecule has 0 fully saturated rings. The molecule has 0 aliphatic carbocycles. The van der Waals surface area contributed by atoms with Crippen LogP contribution < -0.4 is 20.3 Å². The lowest BCUT2D eigenvalue weighted by molar-refractivity contribution is 0.214. The van der Waals surface area contributed by atoms with Crippen LogP contribution in [0.4, 0.5) is 10.1 Å². The van der Waals surface area contributed by atoms with Gasteiger partial charge in [0.1, 0.15) is 6.10 Å². The number of ether oxygens (including phenoxy) is 1. The van der Waals surface area contributed by atoms with E-state index >= 15 is 0 Å². The number of guanidine groups is 1. The number of anilines is 1. The molecule has 1 atom stereocenters. The number of halogens is 1. The second-order valence-corrected chi connectivity index (χ2v) is 6.71. The van der Waals surface area contributed by atoms with Crippen molar-refractivity contribution in [2.45, 2.75) is 19.6 Å². The molecule has 0 amide bonds. The van der Waals surface area contributed by atoms with Gasteiger partial charge in [-0.15, -0.1) is 0 Å². The average molecular weight is 382 g/mol. The predicted molar refractivity (Wildman–Crippen MR) is 112 cm³/mol. The van der Waals surface area contributed by atoms with E-state index in [-0.39, 0.29) is 17.7 Å². The third-order valence-corrected chi connectivity index (χ3v) is 4.50. The highest BCUT2D eigenvalue weighted by Crippen LogP contribution is 2.18. The maximum absolute atomic E-state index is 13.7. The molecular weight excluding hydrogens is 355 g/mol. The third kappa shape index (κ3) is 5.49. The van der Waals surface area contributed by atoms with Gasteiger partial charge in [0, 0.05) is 32.4 Å². The monoisotopic (exact) mass is 382 g/mol. The summed E-state index contributed by atoms with van der Waals surface area (Å²) in [6.07, 6.45) is 4.16. The van der Waals surface area contributed by atoms with Crippen LogP contribution in [0.15, 0.2) is 65.7 Å². The van der Waals surface area contributed by atoms with Crippen LogP contribution in [0.3, 0.4) is 0 Å². The molecular formula is C22H27FN4O. The van der Waals surface area contributed by atoms with Crippen molar-refractivity contribution in [1.82, 2.24) is 10.6 Å². The Morgan fingerprint density at radius 1 is 1.14 bits per heavy atom. The van der Waals surface area contributed by atoms with Gasteiger partial charge in [0.15, 0.2) is 17.5 Å². The van der Waals surface area contributed by atoms with Crippen LogP contribution in [0.2, 0.25) is 0 Å². The van der Waals surface area contributed by atoms with E-state index in [4.69, 9.17) is 4.74 Å². The van der Waals surface area contributed by atoms with Gasteiger partial charge in [0.05, 0.1) is 6.54 Å². The van der Waals surface area contributed by atoms with Crippen LogP contribution in [-0.4, -0.2) is 38.7 Å². The lowest BCUT2D eigenvalue weighted by atomic mass is 10.2. The van der Waals surface area contributed by atoms with Crippen LogP contribution in [0, 0.1) is 5.82 Å². The predicted octanol–water partition coefficient (Wildman–Crippen LogP) is 3.33. The summed E-state index contributed by atoms with van der Waals surface area (Å²) in [4.78, 5) is 6.56. The normalized spacial score (nSPS) is 14.8. The van der Waals surface area contributed by atoms with Crippen LogP contribution in [-0.2, 0) is 6.54 Å². The number of hydrogen-bond acceptors (Lipinski definition) is 3. The number of hydrogen-bond donors (Lipinski definition) is 2. The molecule has 0 bridgehead atoms. The van der Waals surface area contributed by atoms with Gasteiger partial charge in [0.25, 0.3) is 0 Å². The van der Waals surface area contributed by atoms with E-state index in [0.29, 0.717) is 19.0 Å². The molecule has 3 rings (SSSR count). The second kappa shape index (κ2) is 9.78. The van der Waals surface area contributed by atoms with E-state index in [1.807, 2.05) is 6.92 Å². The zero-order valence-corrected chi connectivity index (χ0v) is 16.4. The Balaban J connectivity index is 1.47. The SMILES string of the molecule is CN=C(NCc1cccc(N2CC=CC2)c1)NCC(C)Oc1ccccc1F. The lowest BCUT2D eigenvalue weighted by Gasteiger charge is -2.20. The van der Waals surface area contributed by atoms with Crippen LogP contribution in [0.5, 0.6) is 5.75 Å². The Morgan fingerprint density at radius 2 is 1.93 bits per heavy atom. The molecule has 0 spiro atoms. The maximum Gasteiger partial charge on any atom is 0.191 e. The zero-order chi connectivity index (χ0) is 19.8. The summed E-state index contributed by atoms with van der Waals surface area (Å²) >= 11 is 0. The van der Waals surface area contributed by atoms with E-state index in [1.165, 1.54) is 17.3 Å². The molecule has 2 aromatic rings. The van der Waals surface area contributed by atoms with E-state index in [0.717, 1.165) is 13.1 Å². The minimum absolute atomic E-state index is 0.207. The second-order valence-electron chi connectivity index (χ2n) is 6.71. The molecule has 2 aromatic carbocycles. The van der Waals surface area contributed by atoms with Gasteiger partial charge in [-0.3, -0.25) is 4.99 Å². The van der Waals surface area contributed by atoms with Crippen LogP contribution in [0.1, 0.15) is 12.5 Å². The Labute approximate surface area is 165 Å². The van der Waals surface area contributed by atoms with Crippen molar-refractivity contribution in [1.29, 1.82) is 0 Å². The largest absolute Gasteiger partial charge is 0.486 e. The van der Waals surface area contributed by atoms with Crippen molar-refractivity contribution in [2.24, 2.45) is 4.99 Å². The number of benzene rings is 2. The molecule has 148 valence electrons. The molecule has 5 nitrogen and oxygen atoms in total. The Morgan fingerprint density at radius 3 is 2.68 bits per heavy atom. The molecule has 0 saturated heterocycles. The number of nitrogens with zero attached hydrogens (tertiary/aromatic N) is 2. The first-order valence-electron chi connectivity index (χ1n) is 9.50. The Bertz CT molecular complexity index is 829. The molecule has 0 radical (unpaired) electrons. The fraction of sp³-hybridized carbons (Fsp3) is 0.318. The summed E-state index contributed by atoms with van der Waals surface area (Å²) in [6.45, 7) is 4.98. The summed E-state index contributed by atoms with van der Waals surface area (Å²) in [5, 5.41) is 6.53. The van der Waals surface area contributed by atoms with Crippen molar-refractivity contribution in [3.63, 3.8) is 0 Å². The standard InChI is InChI=1S/C22H27FN4O/c1-17(28-21-11-4-3-10-20(21)23)15-25-22(24-2)26-16-18-8-7-9-19(14-18)27-12-5-6-13-27/h3-11,14,17H,12-13,15-16H2,1-2H3,(H2,24,25,26). The molecule has 1 unspecified atom stereocenters. The summed E-state index contributed by atoms with van der Waals surface area (Å²) in [5.74, 6) is 0.579. The smallest absolute Gasteiger partial charge is 0.191 e. The molecule has 1 aliphatic rings. The van der Waals surface area contributed by atoms with Gasteiger partial charge in [-0.25, -0.2) is 4.39 Å². The highest BCUT2D eigenvalue weighted by molar-refractivity contribution is 5.79. The molecule has 28 heavy (non-hydrogen) atoms. The van der Waals surface area contributed by atoms with Gasteiger partial charge in [-0.05, 0) is 36.8 Å². The first-order chi connectivity index (χ1) is 13.7. The lowest BCUT2D eigenvalue weighted by Crippen LogP contribution is -2.41. The Kier molecular flexibility index (Phi) is 6.89. The molecule has 1 heterocycles. The van der Waals surface area contributed by atoms with E-state index in [2.05, 4.69) is 56.9 Å². The van der Waals surface area contributed by atoms with E-state index < -0.39 is 0 Å². The van der Waals surface area contributed by atoms with Crippen LogP contribution in [0.25, 0.3) is 0 Å². The average Bonchev–Trinajstić information content (AvgIpc) is 3.25. The summed E-state index contributed by atoms with van der Waals surface area (Å²) in [5.41, 5.74) is 2.40. The first-order valence-corrected chi connectivity index (χ1v) is 9.50. The summed E-state index contributed by atoms with van der Waals surface area (Å²) in [7, 11) is 1.73. The van der Waals surface area contributed by atoms with Gasteiger partial charge >= 0.3 is 0 Å². The summed E-state index contributed by atoms with van der Waals surface area (Å²) < 4.78 is 19.3. The molecule has 0 saturated carbocycles. The van der Waals surface area contributed by atoms with Crippen molar-refractivity contribution in [2.75, 3.05) is 31.6 Å². The van der Waals surface area contributed by atoms with Gasteiger partial charge in [0.2, 0.25) is 0 Å². The highest BCUT2D eigenvalue weighted by Gasteiger charge is 2.10. The number of aliphatic imine (C=N–C) groups is 1.